The van der Waals surface area contributed by atoms with Gasteiger partial charge >= 0.3 is 0 Å². The van der Waals surface area contributed by atoms with Gasteiger partial charge in [-0.25, -0.2) is 0 Å². The topological polar surface area (TPSA) is 0 Å². The van der Waals surface area contributed by atoms with Crippen molar-refractivity contribution in [3.05, 3.63) is 78.9 Å². The maximum Gasteiger partial charge on any atom is 0.0806 e. The van der Waals surface area contributed by atoms with E-state index >= 15 is 0 Å². The SMILES string of the molecule is CCCCC[Si](C)(C)c1ccc2cc3cc4cc5ccccc5cc4cc3cc2c1. The maximum absolute atomic E-state index is 2.53. The highest BCUT2D eigenvalue weighted by Gasteiger charge is 2.22. The molecule has 30 heavy (non-hydrogen) atoms. The summed E-state index contributed by atoms with van der Waals surface area (Å²) in [5.41, 5.74) is 0. The van der Waals surface area contributed by atoms with Crippen molar-refractivity contribution in [2.24, 2.45) is 0 Å². The largest absolute Gasteiger partial charge is 0.0806 e. The highest BCUT2D eigenvalue weighted by atomic mass is 28.3. The van der Waals surface area contributed by atoms with Crippen LogP contribution in [0.5, 0.6) is 0 Å². The fraction of sp³-hybridized carbons (Fsp3) is 0.241. The summed E-state index contributed by atoms with van der Waals surface area (Å²) in [5.74, 6) is 0. The van der Waals surface area contributed by atoms with Crippen molar-refractivity contribution in [2.45, 2.75) is 45.3 Å². The second kappa shape index (κ2) is 7.56. The zero-order valence-electron chi connectivity index (χ0n) is 18.3. The van der Waals surface area contributed by atoms with E-state index in [2.05, 4.69) is 98.9 Å². The fourth-order valence-electron chi connectivity index (χ4n) is 4.83. The van der Waals surface area contributed by atoms with Gasteiger partial charge < -0.3 is 0 Å². The summed E-state index contributed by atoms with van der Waals surface area (Å²) in [5, 5.41) is 12.3. The van der Waals surface area contributed by atoms with Crippen LogP contribution in [0.3, 0.4) is 0 Å². The lowest BCUT2D eigenvalue weighted by Gasteiger charge is -2.23. The third-order valence-corrected chi connectivity index (χ3v) is 10.3. The highest BCUT2D eigenvalue weighted by molar-refractivity contribution is 6.89. The number of fused-ring (bicyclic) bond motifs is 4. The van der Waals surface area contributed by atoms with Crippen molar-refractivity contribution >= 4 is 56.4 Å². The molecule has 0 amide bonds. The second-order valence-electron chi connectivity index (χ2n) is 9.50. The number of hydrogen-bond donors (Lipinski definition) is 0. The number of rotatable bonds is 5. The molecule has 5 rings (SSSR count). The minimum atomic E-state index is -1.38. The number of unbranched alkanes of at least 4 members (excludes halogenated alkanes) is 2. The average Bonchev–Trinajstić information content (AvgIpc) is 2.74. The van der Waals surface area contributed by atoms with E-state index in [9.17, 15) is 0 Å². The van der Waals surface area contributed by atoms with E-state index in [0.29, 0.717) is 0 Å². The normalized spacial score (nSPS) is 12.4. The van der Waals surface area contributed by atoms with Crippen LogP contribution in [-0.2, 0) is 0 Å². The molecule has 0 saturated carbocycles. The molecule has 0 aliphatic carbocycles. The summed E-state index contributed by atoms with van der Waals surface area (Å²) in [7, 11) is -1.38. The van der Waals surface area contributed by atoms with Crippen molar-refractivity contribution in [3.63, 3.8) is 0 Å². The van der Waals surface area contributed by atoms with Crippen LogP contribution in [-0.4, -0.2) is 8.07 Å². The Morgan fingerprint density at radius 1 is 0.533 bits per heavy atom. The van der Waals surface area contributed by atoms with Crippen molar-refractivity contribution in [1.29, 1.82) is 0 Å². The quantitative estimate of drug-likeness (QED) is 0.156. The van der Waals surface area contributed by atoms with Crippen LogP contribution in [0, 0.1) is 0 Å². The van der Waals surface area contributed by atoms with E-state index in [4.69, 9.17) is 0 Å². The zero-order valence-corrected chi connectivity index (χ0v) is 19.3. The minimum absolute atomic E-state index is 1.30. The van der Waals surface area contributed by atoms with Gasteiger partial charge in [0.2, 0.25) is 0 Å². The molecule has 0 heterocycles. The molecular formula is C29H30Si. The number of benzene rings is 5. The lowest BCUT2D eigenvalue weighted by molar-refractivity contribution is 0.764. The van der Waals surface area contributed by atoms with E-state index in [1.54, 1.807) is 5.19 Å². The van der Waals surface area contributed by atoms with Crippen LogP contribution in [0.15, 0.2) is 78.9 Å². The molecule has 0 bridgehead atoms. The molecule has 0 radical (unpaired) electrons. The summed E-state index contributed by atoms with van der Waals surface area (Å²) in [6.07, 6.45) is 4.03. The summed E-state index contributed by atoms with van der Waals surface area (Å²) in [6.45, 7) is 7.36. The smallest absolute Gasteiger partial charge is 0.0654 e. The van der Waals surface area contributed by atoms with Crippen LogP contribution in [0.1, 0.15) is 26.2 Å². The molecule has 0 nitrogen and oxygen atoms in total. The number of hydrogen-bond acceptors (Lipinski definition) is 0. The van der Waals surface area contributed by atoms with Crippen molar-refractivity contribution in [2.75, 3.05) is 0 Å². The van der Waals surface area contributed by atoms with Crippen LogP contribution in [0.2, 0.25) is 19.1 Å². The van der Waals surface area contributed by atoms with Crippen LogP contribution in [0.4, 0.5) is 0 Å². The van der Waals surface area contributed by atoms with Crippen LogP contribution < -0.4 is 5.19 Å². The molecule has 150 valence electrons. The molecule has 5 aromatic rings. The molecule has 0 atom stereocenters. The van der Waals surface area contributed by atoms with E-state index in [0.717, 1.165) is 0 Å². The Bertz CT molecular complexity index is 1380. The molecule has 0 aliphatic rings. The van der Waals surface area contributed by atoms with Gasteiger partial charge in [0.25, 0.3) is 0 Å². The molecular weight excluding hydrogens is 376 g/mol. The molecule has 0 fully saturated rings. The lowest BCUT2D eigenvalue weighted by atomic mass is 9.97. The Balaban J connectivity index is 1.62. The van der Waals surface area contributed by atoms with Gasteiger partial charge in [0.1, 0.15) is 0 Å². The third kappa shape index (κ3) is 3.52. The first kappa shape index (κ1) is 19.3. The van der Waals surface area contributed by atoms with Gasteiger partial charge in [0, 0.05) is 0 Å². The Labute approximate surface area is 180 Å². The van der Waals surface area contributed by atoms with Crippen molar-refractivity contribution in [3.8, 4) is 0 Å². The standard InChI is InChI=1S/C29H30Si/c1-4-5-8-13-30(2,3)29-12-11-23-16-26-17-24-14-21-9-6-7-10-22(21)15-25(24)18-27(26)19-28(23)20-29/h6-7,9-12,14-20H,4-5,8,13H2,1-3H3. The first-order valence-corrected chi connectivity index (χ1v) is 14.5. The van der Waals surface area contributed by atoms with Gasteiger partial charge in [-0.1, -0.05) is 93.0 Å². The Kier molecular flexibility index (Phi) is 4.87. The molecule has 0 spiro atoms. The van der Waals surface area contributed by atoms with E-state index in [1.165, 1.54) is 68.4 Å². The first-order valence-electron chi connectivity index (χ1n) is 11.3. The van der Waals surface area contributed by atoms with Gasteiger partial charge in [-0.2, -0.15) is 0 Å². The van der Waals surface area contributed by atoms with Gasteiger partial charge in [-0.3, -0.25) is 0 Å². The predicted molar refractivity (Wildman–Crippen MR) is 138 cm³/mol. The van der Waals surface area contributed by atoms with E-state index in [-0.39, 0.29) is 0 Å². The second-order valence-corrected chi connectivity index (χ2v) is 14.3. The van der Waals surface area contributed by atoms with Gasteiger partial charge in [-0.15, -0.1) is 0 Å². The maximum atomic E-state index is 2.53. The summed E-state index contributed by atoms with van der Waals surface area (Å²) in [6, 6.07) is 31.4. The Hall–Kier alpha value is -2.64. The predicted octanol–water partition coefficient (Wildman–Crippen LogP) is 8.41. The Morgan fingerprint density at radius 3 is 1.53 bits per heavy atom. The van der Waals surface area contributed by atoms with Crippen LogP contribution >= 0.6 is 0 Å². The lowest BCUT2D eigenvalue weighted by Crippen LogP contribution is -2.40. The molecule has 0 aliphatic heterocycles. The van der Waals surface area contributed by atoms with E-state index in [1.807, 2.05) is 0 Å². The van der Waals surface area contributed by atoms with Gasteiger partial charge in [-0.05, 0) is 79.5 Å². The minimum Gasteiger partial charge on any atom is -0.0654 e. The zero-order chi connectivity index (χ0) is 20.7. The summed E-state index contributed by atoms with van der Waals surface area (Å²) >= 11 is 0. The van der Waals surface area contributed by atoms with Crippen molar-refractivity contribution in [1.82, 2.24) is 0 Å². The monoisotopic (exact) mass is 406 g/mol. The van der Waals surface area contributed by atoms with Crippen molar-refractivity contribution < 1.29 is 0 Å². The van der Waals surface area contributed by atoms with Crippen LogP contribution in [0.25, 0.3) is 43.1 Å². The molecule has 0 saturated heterocycles. The average molecular weight is 407 g/mol. The summed E-state index contributed by atoms with van der Waals surface area (Å²) in [4.78, 5) is 0. The molecule has 0 N–H and O–H groups in total. The molecule has 0 aromatic heterocycles. The van der Waals surface area contributed by atoms with Gasteiger partial charge in [0.05, 0.1) is 8.07 Å². The van der Waals surface area contributed by atoms with E-state index < -0.39 is 8.07 Å². The Morgan fingerprint density at radius 2 is 1.00 bits per heavy atom. The highest BCUT2D eigenvalue weighted by Crippen LogP contribution is 2.30. The molecule has 0 unspecified atom stereocenters. The third-order valence-electron chi connectivity index (χ3n) is 6.80. The molecule has 1 heteroatoms. The van der Waals surface area contributed by atoms with Gasteiger partial charge in [0.15, 0.2) is 0 Å². The molecule has 5 aromatic carbocycles. The first-order chi connectivity index (χ1) is 14.5. The fourth-order valence-corrected chi connectivity index (χ4v) is 7.33. The summed E-state index contributed by atoms with van der Waals surface area (Å²) < 4.78 is 0.